The lowest BCUT2D eigenvalue weighted by atomic mass is 10.1. The van der Waals surface area contributed by atoms with E-state index < -0.39 is 5.97 Å². The summed E-state index contributed by atoms with van der Waals surface area (Å²) in [5.41, 5.74) is 2.75. The van der Waals surface area contributed by atoms with E-state index in [0.29, 0.717) is 11.7 Å². The number of aliphatic carboxylic acids is 1. The fraction of sp³-hybridized carbons (Fsp3) is 0.0476. The maximum absolute atomic E-state index is 10.4. The number of allylic oxidation sites excluding steroid dienone is 2. The van der Waals surface area contributed by atoms with Crippen LogP contribution in [-0.4, -0.2) is 16.1 Å². The third-order valence-corrected chi connectivity index (χ3v) is 3.57. The summed E-state index contributed by atoms with van der Waals surface area (Å²) >= 11 is 0. The van der Waals surface area contributed by atoms with Crippen LogP contribution in [-0.2, 0) is 4.79 Å². The van der Waals surface area contributed by atoms with Crippen molar-refractivity contribution in [2.24, 2.45) is 0 Å². The lowest BCUT2D eigenvalue weighted by Crippen LogP contribution is -1.84. The number of carboxylic acids is 1. The van der Waals surface area contributed by atoms with Gasteiger partial charge in [0.15, 0.2) is 5.76 Å². The molecule has 0 aliphatic carbocycles. The molecule has 0 radical (unpaired) electrons. The zero-order valence-electron chi connectivity index (χ0n) is 14.1. The number of oxazole rings is 1. The van der Waals surface area contributed by atoms with Crippen LogP contribution in [0.2, 0.25) is 0 Å². The van der Waals surface area contributed by atoms with Gasteiger partial charge in [-0.1, -0.05) is 48.6 Å². The molecule has 3 aromatic rings. The Morgan fingerprint density at radius 2 is 1.77 bits per heavy atom. The highest BCUT2D eigenvalue weighted by Crippen LogP contribution is 2.23. The molecule has 1 N–H and O–H groups in total. The number of rotatable bonds is 6. The number of nitrogens with zero attached hydrogens (tertiary/aromatic N) is 1. The standard InChI is InChI=1S/C21H17NO4/c1-15-18(22-21(26-15)19-6-4-14-25-19)13-12-17-10-8-16(9-11-17)5-2-3-7-20(23)24/h2-14H,1H3,(H,23,24)/b5-2+,7-3+,13-12+. The fourth-order valence-electron chi connectivity index (χ4n) is 2.27. The Kier molecular flexibility index (Phi) is 5.29. The highest BCUT2D eigenvalue weighted by molar-refractivity contribution is 5.80. The number of aromatic nitrogens is 1. The van der Waals surface area contributed by atoms with Crippen LogP contribution in [0.5, 0.6) is 0 Å². The van der Waals surface area contributed by atoms with Gasteiger partial charge in [-0.15, -0.1) is 0 Å². The van der Waals surface area contributed by atoms with Crippen LogP contribution in [0.3, 0.4) is 0 Å². The first-order valence-electron chi connectivity index (χ1n) is 7.99. The van der Waals surface area contributed by atoms with Gasteiger partial charge in [-0.05, 0) is 36.3 Å². The van der Waals surface area contributed by atoms with E-state index in [1.54, 1.807) is 24.5 Å². The molecule has 0 unspecified atom stereocenters. The zero-order valence-corrected chi connectivity index (χ0v) is 14.1. The van der Waals surface area contributed by atoms with Gasteiger partial charge in [0.25, 0.3) is 5.89 Å². The Morgan fingerprint density at radius 1 is 1.04 bits per heavy atom. The summed E-state index contributed by atoms with van der Waals surface area (Å²) in [6.45, 7) is 1.86. The molecule has 0 bridgehead atoms. The minimum Gasteiger partial charge on any atom is -0.478 e. The first-order chi connectivity index (χ1) is 12.6. The summed E-state index contributed by atoms with van der Waals surface area (Å²) in [5, 5.41) is 8.53. The second-order valence-corrected chi connectivity index (χ2v) is 5.49. The molecule has 0 aliphatic rings. The predicted octanol–water partition coefficient (Wildman–Crippen LogP) is 5.07. The van der Waals surface area contributed by atoms with Crippen LogP contribution in [0.15, 0.2) is 69.7 Å². The number of hydrogen-bond donors (Lipinski definition) is 1. The molecule has 0 fully saturated rings. The summed E-state index contributed by atoms with van der Waals surface area (Å²) in [7, 11) is 0. The van der Waals surface area contributed by atoms with Gasteiger partial charge in [0.2, 0.25) is 0 Å². The van der Waals surface area contributed by atoms with E-state index >= 15 is 0 Å². The molecule has 1 aromatic carbocycles. The quantitative estimate of drug-likeness (QED) is 0.498. The molecule has 5 nitrogen and oxygen atoms in total. The second-order valence-electron chi connectivity index (χ2n) is 5.49. The minimum absolute atomic E-state index is 0.460. The molecule has 0 saturated carbocycles. The lowest BCUT2D eigenvalue weighted by molar-refractivity contribution is -0.131. The van der Waals surface area contributed by atoms with Crippen molar-refractivity contribution in [3.63, 3.8) is 0 Å². The van der Waals surface area contributed by atoms with Crippen LogP contribution >= 0.6 is 0 Å². The van der Waals surface area contributed by atoms with Crippen molar-refractivity contribution in [3.05, 3.63) is 83.5 Å². The summed E-state index contributed by atoms with van der Waals surface area (Å²) in [6, 6.07) is 11.4. The van der Waals surface area contributed by atoms with Crippen molar-refractivity contribution in [2.45, 2.75) is 6.92 Å². The van der Waals surface area contributed by atoms with Gasteiger partial charge in [-0.25, -0.2) is 9.78 Å². The average Bonchev–Trinajstić information content (AvgIpc) is 3.27. The third kappa shape index (κ3) is 4.48. The summed E-state index contributed by atoms with van der Waals surface area (Å²) < 4.78 is 10.9. The van der Waals surface area contributed by atoms with Gasteiger partial charge in [0.05, 0.1) is 6.26 Å². The molecule has 0 amide bonds. The van der Waals surface area contributed by atoms with Gasteiger partial charge >= 0.3 is 5.97 Å². The predicted molar refractivity (Wildman–Crippen MR) is 100 cm³/mol. The highest BCUT2D eigenvalue weighted by Gasteiger charge is 2.11. The molecule has 130 valence electrons. The SMILES string of the molecule is Cc1oc(-c2ccco2)nc1/C=C/c1ccc(/C=C/C=C/C(=O)O)cc1. The molecule has 0 saturated heterocycles. The maximum Gasteiger partial charge on any atom is 0.328 e. The molecule has 2 heterocycles. The van der Waals surface area contributed by atoms with E-state index in [4.69, 9.17) is 13.9 Å². The van der Waals surface area contributed by atoms with E-state index in [0.717, 1.165) is 28.7 Å². The van der Waals surface area contributed by atoms with Crippen LogP contribution in [0.25, 0.3) is 29.9 Å². The smallest absolute Gasteiger partial charge is 0.328 e. The second kappa shape index (κ2) is 7.98. The first-order valence-corrected chi connectivity index (χ1v) is 7.99. The molecule has 3 rings (SSSR count). The van der Waals surface area contributed by atoms with E-state index in [9.17, 15) is 4.79 Å². The Morgan fingerprint density at radius 3 is 2.42 bits per heavy atom. The van der Waals surface area contributed by atoms with Crippen LogP contribution < -0.4 is 0 Å². The van der Waals surface area contributed by atoms with Crippen LogP contribution in [0.1, 0.15) is 22.6 Å². The van der Waals surface area contributed by atoms with E-state index in [-0.39, 0.29) is 0 Å². The van der Waals surface area contributed by atoms with Crippen LogP contribution in [0.4, 0.5) is 0 Å². The van der Waals surface area contributed by atoms with E-state index in [1.165, 1.54) is 6.08 Å². The van der Waals surface area contributed by atoms with Gasteiger partial charge in [0, 0.05) is 6.08 Å². The van der Waals surface area contributed by atoms with Crippen molar-refractivity contribution < 1.29 is 18.7 Å². The Bertz CT molecular complexity index is 958. The van der Waals surface area contributed by atoms with Gasteiger partial charge in [-0.3, -0.25) is 0 Å². The molecular formula is C21H17NO4. The van der Waals surface area contributed by atoms with E-state index in [2.05, 4.69) is 4.98 Å². The van der Waals surface area contributed by atoms with Crippen molar-refractivity contribution in [3.8, 4) is 11.7 Å². The molecule has 0 atom stereocenters. The van der Waals surface area contributed by atoms with E-state index in [1.807, 2.05) is 49.4 Å². The maximum atomic E-state index is 10.4. The summed E-state index contributed by atoms with van der Waals surface area (Å²) in [4.78, 5) is 14.8. The number of carboxylic acid groups (broad SMARTS) is 1. The third-order valence-electron chi connectivity index (χ3n) is 3.57. The molecule has 2 aromatic heterocycles. The Labute approximate surface area is 150 Å². The van der Waals surface area contributed by atoms with Crippen molar-refractivity contribution in [1.82, 2.24) is 4.98 Å². The molecule has 0 aliphatic heterocycles. The number of furan rings is 1. The molecule has 26 heavy (non-hydrogen) atoms. The zero-order chi connectivity index (χ0) is 18.4. The van der Waals surface area contributed by atoms with Crippen molar-refractivity contribution in [1.29, 1.82) is 0 Å². The number of benzene rings is 1. The molecule has 0 spiro atoms. The topological polar surface area (TPSA) is 76.5 Å². The number of carbonyl (C=O) groups is 1. The van der Waals surface area contributed by atoms with Crippen molar-refractivity contribution in [2.75, 3.05) is 0 Å². The Balaban J connectivity index is 1.68. The normalized spacial score (nSPS) is 11.9. The first kappa shape index (κ1) is 17.2. The fourth-order valence-corrected chi connectivity index (χ4v) is 2.27. The largest absolute Gasteiger partial charge is 0.478 e. The number of hydrogen-bond acceptors (Lipinski definition) is 4. The monoisotopic (exact) mass is 347 g/mol. The molecular weight excluding hydrogens is 330 g/mol. The summed E-state index contributed by atoms with van der Waals surface area (Å²) in [6.07, 6.45) is 11.5. The van der Waals surface area contributed by atoms with Gasteiger partial charge in [-0.2, -0.15) is 0 Å². The molecule has 5 heteroatoms. The average molecular weight is 347 g/mol. The minimum atomic E-state index is -0.964. The highest BCUT2D eigenvalue weighted by atomic mass is 16.4. The van der Waals surface area contributed by atoms with Gasteiger partial charge < -0.3 is 13.9 Å². The van der Waals surface area contributed by atoms with Crippen LogP contribution in [0, 0.1) is 6.92 Å². The van der Waals surface area contributed by atoms with Gasteiger partial charge in [0.1, 0.15) is 11.5 Å². The lowest BCUT2D eigenvalue weighted by Gasteiger charge is -1.95. The van der Waals surface area contributed by atoms with Crippen molar-refractivity contribution >= 4 is 24.2 Å². The summed E-state index contributed by atoms with van der Waals surface area (Å²) in [5.74, 6) is 0.814. The number of aryl methyl sites for hydroxylation is 1. The Hall–Kier alpha value is -3.60.